The van der Waals surface area contributed by atoms with Gasteiger partial charge in [0.15, 0.2) is 6.04 Å². The third-order valence-electron chi connectivity index (χ3n) is 3.36. The lowest BCUT2D eigenvalue weighted by Crippen LogP contribution is -2.75. The minimum Gasteiger partial charge on any atom is -0.614 e. The molecule has 25 heavy (non-hydrogen) atoms. The van der Waals surface area contributed by atoms with Crippen molar-refractivity contribution in [2.45, 2.75) is 15.2 Å². The molecule has 0 saturated carbocycles. The number of hydrogen-bond acceptors (Lipinski definition) is 5. The Kier molecular flexibility index (Phi) is 7.20. The summed E-state index contributed by atoms with van der Waals surface area (Å²) in [6.45, 7) is -0.516. The Labute approximate surface area is 174 Å². The number of nitrogens with one attached hydrogen (secondary N) is 1. The lowest BCUT2D eigenvalue weighted by molar-refractivity contribution is -0.153. The molecule has 0 aromatic rings. The molecular formula is C12H11BrCl4N2O5S. The smallest absolute Gasteiger partial charge is 0.355 e. The molecule has 0 radical (unpaired) electrons. The van der Waals surface area contributed by atoms with E-state index in [1.165, 1.54) is 0 Å². The molecule has 1 saturated heterocycles. The predicted molar refractivity (Wildman–Crippen MR) is 98.4 cm³/mol. The van der Waals surface area contributed by atoms with Gasteiger partial charge in [-0.15, -0.1) is 11.6 Å². The predicted octanol–water partition coefficient (Wildman–Crippen LogP) is 1.20. The molecular weight excluding hydrogens is 506 g/mol. The van der Waals surface area contributed by atoms with Gasteiger partial charge < -0.3 is 14.6 Å². The Bertz CT molecular complexity index is 629. The molecule has 13 heteroatoms. The van der Waals surface area contributed by atoms with Crippen LogP contribution in [0, 0.1) is 0 Å². The van der Waals surface area contributed by atoms with Crippen LogP contribution in [0.3, 0.4) is 0 Å². The summed E-state index contributed by atoms with van der Waals surface area (Å²) >= 11 is 23.7. The maximum Gasteiger partial charge on any atom is 0.355 e. The number of esters is 1. The van der Waals surface area contributed by atoms with Crippen LogP contribution in [-0.4, -0.2) is 66.0 Å². The molecule has 2 aliphatic rings. The van der Waals surface area contributed by atoms with Crippen LogP contribution in [0.2, 0.25) is 0 Å². The van der Waals surface area contributed by atoms with Crippen LogP contribution in [0.4, 0.5) is 0 Å². The molecule has 2 aliphatic heterocycles. The maximum atomic E-state index is 12.4. The van der Waals surface area contributed by atoms with Gasteiger partial charge in [0, 0.05) is 10.9 Å². The minimum atomic E-state index is -1.81. The van der Waals surface area contributed by atoms with Gasteiger partial charge in [-0.2, -0.15) is 0 Å². The minimum absolute atomic E-state index is 0.0329. The van der Waals surface area contributed by atoms with E-state index in [1.807, 2.05) is 0 Å². The van der Waals surface area contributed by atoms with Gasteiger partial charge in [0.05, 0.1) is 0 Å². The number of alkyl halides is 5. The summed E-state index contributed by atoms with van der Waals surface area (Å²) in [4.78, 5) is 37.2. The standard InChI is InChI=1S/C12H11BrCl4N2O5S/c13-1-5-3-25(23)10-7(18-6(20)2-14)9(21)19(10)8(5)11(22)24-4-12(15,16)17/h7,10H,1-4H2,(H,18,20)/t7?,10-,25?/m0/s1. The third kappa shape index (κ3) is 4.69. The van der Waals surface area contributed by atoms with Crippen LogP contribution in [0.1, 0.15) is 0 Å². The van der Waals surface area contributed by atoms with Crippen molar-refractivity contribution in [3.8, 4) is 0 Å². The second-order valence-corrected chi connectivity index (χ2v) is 9.96. The molecule has 2 heterocycles. The molecule has 0 spiro atoms. The van der Waals surface area contributed by atoms with E-state index in [9.17, 15) is 18.9 Å². The highest BCUT2D eigenvalue weighted by molar-refractivity contribution is 9.09. The van der Waals surface area contributed by atoms with Crippen LogP contribution in [0.15, 0.2) is 11.3 Å². The van der Waals surface area contributed by atoms with E-state index >= 15 is 0 Å². The summed E-state index contributed by atoms with van der Waals surface area (Å²) in [5.41, 5.74) is 0.358. The van der Waals surface area contributed by atoms with Crippen LogP contribution >= 0.6 is 62.3 Å². The van der Waals surface area contributed by atoms with Crippen molar-refractivity contribution < 1.29 is 23.7 Å². The number of carbonyl (C=O) groups is 3. The second-order valence-electron chi connectivity index (χ2n) is 5.08. The fourth-order valence-corrected chi connectivity index (χ4v) is 5.02. The summed E-state index contributed by atoms with van der Waals surface area (Å²) in [6.07, 6.45) is 0. The molecule has 1 N–H and O–H groups in total. The fourth-order valence-electron chi connectivity index (χ4n) is 2.37. The van der Waals surface area contributed by atoms with Gasteiger partial charge in [0.1, 0.15) is 23.9 Å². The Balaban J connectivity index is 2.24. The van der Waals surface area contributed by atoms with Gasteiger partial charge in [-0.3, -0.25) is 14.5 Å². The van der Waals surface area contributed by atoms with Crippen molar-refractivity contribution in [3.63, 3.8) is 0 Å². The highest BCUT2D eigenvalue weighted by Gasteiger charge is 2.61. The molecule has 140 valence electrons. The van der Waals surface area contributed by atoms with Gasteiger partial charge in [-0.1, -0.05) is 50.7 Å². The molecule has 7 nitrogen and oxygen atoms in total. The Morgan fingerprint density at radius 2 is 2.08 bits per heavy atom. The van der Waals surface area contributed by atoms with E-state index < -0.39 is 50.8 Å². The molecule has 0 bridgehead atoms. The van der Waals surface area contributed by atoms with E-state index in [0.29, 0.717) is 5.57 Å². The Morgan fingerprint density at radius 1 is 1.44 bits per heavy atom. The average Bonchev–Trinajstić information content (AvgIpc) is 2.55. The van der Waals surface area contributed by atoms with Crippen LogP contribution in [-0.2, 0) is 30.3 Å². The number of fused-ring (bicyclic) bond motifs is 1. The first kappa shape index (κ1) is 21.4. The summed E-state index contributed by atoms with van der Waals surface area (Å²) < 4.78 is 15.5. The lowest BCUT2D eigenvalue weighted by atomic mass is 10.0. The van der Waals surface area contributed by atoms with Crippen LogP contribution in [0.25, 0.3) is 0 Å². The SMILES string of the molecule is O=C(CCl)NC1C(=O)N2C(C(=O)OCC(Cl)(Cl)Cl)=C(CBr)C[S+]([O-])[C@@H]12. The first-order chi connectivity index (χ1) is 11.6. The monoisotopic (exact) mass is 514 g/mol. The maximum absolute atomic E-state index is 12.4. The first-order valence-electron chi connectivity index (χ1n) is 6.68. The lowest BCUT2D eigenvalue weighted by Gasteiger charge is -2.49. The molecule has 0 aliphatic carbocycles. The number of halogens is 5. The van der Waals surface area contributed by atoms with E-state index in [0.717, 1.165) is 4.90 Å². The number of ether oxygens (including phenoxy) is 1. The average molecular weight is 517 g/mol. The second kappa shape index (κ2) is 8.41. The first-order valence-corrected chi connectivity index (χ1v) is 10.8. The molecule has 2 rings (SSSR count). The van der Waals surface area contributed by atoms with Crippen LogP contribution in [0.5, 0.6) is 0 Å². The number of amides is 2. The Hall–Kier alpha value is 0.100. The number of β-lactam (4-membered cyclic amide) rings is 1. The topological polar surface area (TPSA) is 98.8 Å². The fraction of sp³-hybridized carbons (Fsp3) is 0.583. The number of nitrogens with zero attached hydrogens (tertiary/aromatic N) is 1. The van der Waals surface area contributed by atoms with Crippen molar-refractivity contribution >= 4 is 91.3 Å². The van der Waals surface area contributed by atoms with Gasteiger partial charge in [0.2, 0.25) is 15.1 Å². The molecule has 0 aromatic carbocycles. The highest BCUT2D eigenvalue weighted by Crippen LogP contribution is 2.38. The zero-order chi connectivity index (χ0) is 18.9. The van der Waals surface area contributed by atoms with Crippen molar-refractivity contribution in [1.82, 2.24) is 10.2 Å². The zero-order valence-electron chi connectivity index (χ0n) is 12.3. The molecule has 3 atom stereocenters. The molecule has 1 fully saturated rings. The zero-order valence-corrected chi connectivity index (χ0v) is 17.7. The molecule has 2 amide bonds. The van der Waals surface area contributed by atoms with E-state index in [2.05, 4.69) is 21.2 Å². The van der Waals surface area contributed by atoms with Crippen LogP contribution < -0.4 is 5.32 Å². The molecule has 0 aromatic heterocycles. The molecule has 2 unspecified atom stereocenters. The summed E-state index contributed by atoms with van der Waals surface area (Å²) in [5, 5.41) is 1.71. The van der Waals surface area contributed by atoms with Crippen molar-refractivity contribution in [3.05, 3.63) is 11.3 Å². The van der Waals surface area contributed by atoms with Gasteiger partial charge >= 0.3 is 5.97 Å². The van der Waals surface area contributed by atoms with Crippen molar-refractivity contribution in [1.29, 1.82) is 0 Å². The summed E-state index contributed by atoms with van der Waals surface area (Å²) in [6, 6.07) is -1.01. The Morgan fingerprint density at radius 3 is 2.60 bits per heavy atom. The van der Waals surface area contributed by atoms with E-state index in [1.54, 1.807) is 0 Å². The number of rotatable bonds is 5. The number of hydrogen-bond donors (Lipinski definition) is 1. The highest BCUT2D eigenvalue weighted by atomic mass is 79.9. The van der Waals surface area contributed by atoms with Crippen molar-refractivity contribution in [2.24, 2.45) is 0 Å². The van der Waals surface area contributed by atoms with Gasteiger partial charge in [-0.05, 0) is 11.2 Å². The summed E-state index contributed by atoms with van der Waals surface area (Å²) in [5.74, 6) is -2.35. The van der Waals surface area contributed by atoms with Gasteiger partial charge in [0.25, 0.3) is 5.91 Å². The number of carbonyl (C=O) groups excluding carboxylic acids is 3. The van der Waals surface area contributed by atoms with E-state index in [4.69, 9.17) is 51.1 Å². The quantitative estimate of drug-likeness (QED) is 0.256. The van der Waals surface area contributed by atoms with Gasteiger partial charge in [-0.25, -0.2) is 4.79 Å². The third-order valence-corrected chi connectivity index (χ3v) is 6.27. The van der Waals surface area contributed by atoms with Crippen molar-refractivity contribution in [2.75, 3.05) is 23.6 Å². The largest absolute Gasteiger partial charge is 0.614 e. The normalized spacial score (nSPS) is 26.1. The van der Waals surface area contributed by atoms with E-state index in [-0.39, 0.29) is 22.7 Å². The summed E-state index contributed by atoms with van der Waals surface area (Å²) in [7, 11) is 0.